The number of carbonyl (C=O) groups excluding carboxylic acids is 1. The van der Waals surface area contributed by atoms with Crippen molar-refractivity contribution in [3.8, 4) is 11.8 Å². The van der Waals surface area contributed by atoms with E-state index in [9.17, 15) is 4.79 Å². The topological polar surface area (TPSA) is 43.1 Å². The van der Waals surface area contributed by atoms with E-state index in [0.29, 0.717) is 15.6 Å². The van der Waals surface area contributed by atoms with E-state index < -0.39 is 5.91 Å². The molecule has 1 rings (SSSR count). The maximum absolute atomic E-state index is 10.3. The lowest BCUT2D eigenvalue weighted by Crippen LogP contribution is -2.06. The minimum absolute atomic E-state index is 0.404. The highest BCUT2D eigenvalue weighted by Crippen LogP contribution is 2.19. The van der Waals surface area contributed by atoms with Crippen molar-refractivity contribution in [2.24, 2.45) is 5.73 Å². The van der Waals surface area contributed by atoms with Gasteiger partial charge in [-0.2, -0.15) is 0 Å². The first-order valence-corrected chi connectivity index (χ1v) is 4.11. The second-order valence-corrected chi connectivity index (χ2v) is 3.08. The van der Waals surface area contributed by atoms with Gasteiger partial charge in [0.15, 0.2) is 0 Å². The van der Waals surface area contributed by atoms with Crippen LogP contribution < -0.4 is 5.73 Å². The Kier molecular flexibility index (Phi) is 3.18. The molecular formula is C9H5Cl2NO. The molecule has 1 aromatic rings. The van der Waals surface area contributed by atoms with Gasteiger partial charge in [0.25, 0.3) is 5.91 Å². The highest BCUT2D eigenvalue weighted by atomic mass is 35.5. The van der Waals surface area contributed by atoms with E-state index in [1.807, 2.05) is 0 Å². The van der Waals surface area contributed by atoms with Gasteiger partial charge in [-0.3, -0.25) is 4.79 Å². The van der Waals surface area contributed by atoms with Crippen molar-refractivity contribution >= 4 is 29.1 Å². The lowest BCUT2D eigenvalue weighted by Gasteiger charge is -1.94. The lowest BCUT2D eigenvalue weighted by atomic mass is 10.2. The Bertz CT molecular complexity index is 404. The number of benzene rings is 1. The number of primary amides is 1. The van der Waals surface area contributed by atoms with E-state index in [0.717, 1.165) is 0 Å². The zero-order valence-electron chi connectivity index (χ0n) is 6.47. The summed E-state index contributed by atoms with van der Waals surface area (Å²) < 4.78 is 0. The van der Waals surface area contributed by atoms with Crippen LogP contribution in [0.15, 0.2) is 18.2 Å². The summed E-state index contributed by atoms with van der Waals surface area (Å²) in [7, 11) is 0. The fourth-order valence-corrected chi connectivity index (χ4v) is 1.18. The van der Waals surface area contributed by atoms with E-state index in [4.69, 9.17) is 28.9 Å². The minimum atomic E-state index is -0.689. The average molecular weight is 214 g/mol. The van der Waals surface area contributed by atoms with Crippen LogP contribution in [0.3, 0.4) is 0 Å². The number of amides is 1. The molecule has 0 unspecified atom stereocenters. The maximum atomic E-state index is 10.3. The quantitative estimate of drug-likeness (QED) is 0.657. The van der Waals surface area contributed by atoms with Crippen LogP contribution in [-0.2, 0) is 4.79 Å². The summed E-state index contributed by atoms with van der Waals surface area (Å²) in [5.74, 6) is 4.02. The zero-order chi connectivity index (χ0) is 9.84. The van der Waals surface area contributed by atoms with Gasteiger partial charge in [0.1, 0.15) is 0 Å². The van der Waals surface area contributed by atoms with Crippen molar-refractivity contribution in [2.45, 2.75) is 0 Å². The molecule has 13 heavy (non-hydrogen) atoms. The fraction of sp³-hybridized carbons (Fsp3) is 0. The van der Waals surface area contributed by atoms with Gasteiger partial charge in [0.05, 0.1) is 5.02 Å². The number of nitrogens with two attached hydrogens (primary N) is 1. The van der Waals surface area contributed by atoms with Gasteiger partial charge in [-0.05, 0) is 18.2 Å². The SMILES string of the molecule is NC(=O)C#Cc1ccc(Cl)cc1Cl. The smallest absolute Gasteiger partial charge is 0.293 e. The first kappa shape index (κ1) is 9.91. The summed E-state index contributed by atoms with van der Waals surface area (Å²) in [6.07, 6.45) is 0. The van der Waals surface area contributed by atoms with Crippen molar-refractivity contribution in [1.29, 1.82) is 0 Å². The Labute approximate surface area is 85.6 Å². The summed E-state index contributed by atoms with van der Waals surface area (Å²) >= 11 is 11.4. The second kappa shape index (κ2) is 4.18. The third kappa shape index (κ3) is 2.98. The van der Waals surface area contributed by atoms with Crippen LogP contribution in [0.2, 0.25) is 10.0 Å². The van der Waals surface area contributed by atoms with E-state index in [1.54, 1.807) is 18.2 Å². The number of carbonyl (C=O) groups is 1. The number of rotatable bonds is 0. The first-order chi connectivity index (χ1) is 6.09. The van der Waals surface area contributed by atoms with E-state index >= 15 is 0 Å². The maximum Gasteiger partial charge on any atom is 0.293 e. The third-order valence-electron chi connectivity index (χ3n) is 1.25. The Morgan fingerprint density at radius 2 is 2.08 bits per heavy atom. The molecule has 0 saturated carbocycles. The number of halogens is 2. The fourth-order valence-electron chi connectivity index (χ4n) is 0.720. The first-order valence-electron chi connectivity index (χ1n) is 3.36. The molecule has 1 amide bonds. The molecule has 4 heteroatoms. The van der Waals surface area contributed by atoms with Crippen LogP contribution in [0.25, 0.3) is 0 Å². The summed E-state index contributed by atoms with van der Waals surface area (Å²) in [4.78, 5) is 10.3. The molecule has 0 saturated heterocycles. The van der Waals surface area contributed by atoms with Gasteiger partial charge < -0.3 is 5.73 Å². The van der Waals surface area contributed by atoms with Crippen LogP contribution >= 0.6 is 23.2 Å². The standard InChI is InChI=1S/C9H5Cl2NO/c10-7-3-1-6(8(11)5-7)2-4-9(12)13/h1,3,5H,(H2,12,13). The van der Waals surface area contributed by atoms with Gasteiger partial charge in [0.2, 0.25) is 0 Å². The average Bonchev–Trinajstić information content (AvgIpc) is 2.02. The van der Waals surface area contributed by atoms with Crippen molar-refractivity contribution in [1.82, 2.24) is 0 Å². The Hall–Kier alpha value is -1.17. The number of hydrogen-bond acceptors (Lipinski definition) is 1. The molecule has 0 aliphatic heterocycles. The molecule has 1 aromatic carbocycles. The predicted octanol–water partition coefficient (Wildman–Crippen LogP) is 1.83. The molecule has 0 bridgehead atoms. The Balaban J connectivity index is 3.05. The molecule has 0 atom stereocenters. The van der Waals surface area contributed by atoms with Crippen molar-refractivity contribution < 1.29 is 4.79 Å². The van der Waals surface area contributed by atoms with Crippen LogP contribution in [0.1, 0.15) is 5.56 Å². The summed E-state index contributed by atoms with van der Waals surface area (Å²) in [6, 6.07) is 4.81. The van der Waals surface area contributed by atoms with Gasteiger partial charge in [-0.15, -0.1) is 0 Å². The van der Waals surface area contributed by atoms with Gasteiger partial charge in [-0.25, -0.2) is 0 Å². The van der Waals surface area contributed by atoms with Gasteiger partial charge >= 0.3 is 0 Å². The van der Waals surface area contributed by atoms with Crippen LogP contribution in [0, 0.1) is 11.8 Å². The van der Waals surface area contributed by atoms with Crippen molar-refractivity contribution in [3.63, 3.8) is 0 Å². The molecular weight excluding hydrogens is 209 g/mol. The molecule has 2 nitrogen and oxygen atoms in total. The second-order valence-electron chi connectivity index (χ2n) is 2.24. The highest BCUT2D eigenvalue weighted by Gasteiger charge is 1.97. The van der Waals surface area contributed by atoms with E-state index in [-0.39, 0.29) is 0 Å². The molecule has 0 heterocycles. The molecule has 0 aliphatic carbocycles. The predicted molar refractivity (Wildman–Crippen MR) is 52.5 cm³/mol. The molecule has 0 aliphatic rings. The monoisotopic (exact) mass is 213 g/mol. The summed E-state index contributed by atoms with van der Waals surface area (Å²) in [5.41, 5.74) is 5.37. The van der Waals surface area contributed by atoms with Crippen LogP contribution in [0.5, 0.6) is 0 Å². The largest absolute Gasteiger partial charge is 0.359 e. The normalized spacial score (nSPS) is 8.77. The van der Waals surface area contributed by atoms with Crippen molar-refractivity contribution in [3.05, 3.63) is 33.8 Å². The Morgan fingerprint density at radius 1 is 1.38 bits per heavy atom. The van der Waals surface area contributed by atoms with Crippen LogP contribution in [0.4, 0.5) is 0 Å². The van der Waals surface area contributed by atoms with Crippen molar-refractivity contribution in [2.75, 3.05) is 0 Å². The highest BCUT2D eigenvalue weighted by molar-refractivity contribution is 6.35. The molecule has 2 N–H and O–H groups in total. The third-order valence-corrected chi connectivity index (χ3v) is 1.80. The Morgan fingerprint density at radius 3 is 2.62 bits per heavy atom. The van der Waals surface area contributed by atoms with Gasteiger partial charge in [0, 0.05) is 16.5 Å². The lowest BCUT2D eigenvalue weighted by molar-refractivity contribution is -0.112. The molecule has 66 valence electrons. The van der Waals surface area contributed by atoms with Crippen LogP contribution in [-0.4, -0.2) is 5.91 Å². The van der Waals surface area contributed by atoms with E-state index in [2.05, 4.69) is 11.8 Å². The molecule has 0 fully saturated rings. The summed E-state index contributed by atoms with van der Waals surface area (Å²) in [5, 5.41) is 0.927. The zero-order valence-corrected chi connectivity index (χ0v) is 7.99. The molecule has 0 radical (unpaired) electrons. The van der Waals surface area contributed by atoms with Gasteiger partial charge in [-0.1, -0.05) is 29.1 Å². The molecule has 0 spiro atoms. The van der Waals surface area contributed by atoms with E-state index in [1.165, 1.54) is 0 Å². The minimum Gasteiger partial charge on any atom is -0.359 e. The summed E-state index contributed by atoms with van der Waals surface area (Å²) in [6.45, 7) is 0. The number of hydrogen-bond donors (Lipinski definition) is 1. The molecule has 0 aromatic heterocycles.